The number of fused-ring (bicyclic) bond motifs is 1. The number of aliphatic hydroxyl groups excluding tert-OH is 1. The minimum Gasteiger partial charge on any atom is -0.486 e. The molecule has 0 radical (unpaired) electrons. The summed E-state index contributed by atoms with van der Waals surface area (Å²) in [5, 5.41) is 10.2. The normalized spacial score (nSPS) is 22.8. The maximum atomic E-state index is 10.2. The van der Waals surface area contributed by atoms with E-state index in [1.165, 1.54) is 6.42 Å². The fourth-order valence-electron chi connectivity index (χ4n) is 2.61. The minimum atomic E-state index is -0.663. The summed E-state index contributed by atoms with van der Waals surface area (Å²) in [5.41, 5.74) is 0.781. The zero-order valence-electron chi connectivity index (χ0n) is 12.1. The molecule has 0 aromatic heterocycles. The highest BCUT2D eigenvalue weighted by Crippen LogP contribution is 2.32. The highest BCUT2D eigenvalue weighted by molar-refractivity contribution is 5.44. The molecule has 1 aromatic carbocycles. The SMILES string of the molecule is OC(COCC1CCCCO1)c1ccc2c(c1)OCCO2. The lowest BCUT2D eigenvalue weighted by Crippen LogP contribution is -2.25. The van der Waals surface area contributed by atoms with Crippen molar-refractivity contribution < 1.29 is 24.1 Å². The van der Waals surface area contributed by atoms with E-state index in [9.17, 15) is 5.11 Å². The van der Waals surface area contributed by atoms with Gasteiger partial charge >= 0.3 is 0 Å². The van der Waals surface area contributed by atoms with Gasteiger partial charge in [-0.3, -0.25) is 0 Å². The zero-order chi connectivity index (χ0) is 14.5. The predicted octanol–water partition coefficient (Wildman–Crippen LogP) is 2.08. The van der Waals surface area contributed by atoms with E-state index in [4.69, 9.17) is 18.9 Å². The van der Waals surface area contributed by atoms with E-state index in [-0.39, 0.29) is 12.7 Å². The highest BCUT2D eigenvalue weighted by Gasteiger charge is 2.17. The summed E-state index contributed by atoms with van der Waals surface area (Å²) in [6.07, 6.45) is 2.88. The fourth-order valence-corrected chi connectivity index (χ4v) is 2.61. The van der Waals surface area contributed by atoms with E-state index in [2.05, 4.69) is 0 Å². The molecule has 0 saturated carbocycles. The second-order valence-corrected chi connectivity index (χ2v) is 5.44. The van der Waals surface area contributed by atoms with Crippen molar-refractivity contribution in [3.05, 3.63) is 23.8 Å². The van der Waals surface area contributed by atoms with Crippen LogP contribution in [0.1, 0.15) is 30.9 Å². The van der Waals surface area contributed by atoms with Gasteiger partial charge in [-0.05, 0) is 37.0 Å². The Morgan fingerprint density at radius 1 is 1.14 bits per heavy atom. The average Bonchev–Trinajstić information content (AvgIpc) is 2.55. The van der Waals surface area contributed by atoms with Gasteiger partial charge in [-0.15, -0.1) is 0 Å². The van der Waals surface area contributed by atoms with Crippen molar-refractivity contribution in [3.8, 4) is 11.5 Å². The van der Waals surface area contributed by atoms with Crippen LogP contribution in [0.25, 0.3) is 0 Å². The molecule has 1 aromatic rings. The summed E-state index contributed by atoms with van der Waals surface area (Å²) < 4.78 is 22.2. The number of hydrogen-bond acceptors (Lipinski definition) is 5. The Bertz CT molecular complexity index is 456. The van der Waals surface area contributed by atoms with Crippen LogP contribution in [0, 0.1) is 0 Å². The molecule has 2 aliphatic heterocycles. The largest absolute Gasteiger partial charge is 0.486 e. The molecule has 3 rings (SSSR count). The molecule has 5 heteroatoms. The number of rotatable bonds is 5. The molecule has 0 bridgehead atoms. The third-order valence-corrected chi connectivity index (χ3v) is 3.80. The van der Waals surface area contributed by atoms with E-state index in [0.29, 0.717) is 25.6 Å². The highest BCUT2D eigenvalue weighted by atomic mass is 16.6. The zero-order valence-corrected chi connectivity index (χ0v) is 12.1. The Morgan fingerprint density at radius 2 is 2.00 bits per heavy atom. The molecule has 2 atom stereocenters. The summed E-state index contributed by atoms with van der Waals surface area (Å²) in [4.78, 5) is 0. The molecule has 1 fully saturated rings. The predicted molar refractivity (Wildman–Crippen MR) is 76.8 cm³/mol. The van der Waals surface area contributed by atoms with E-state index in [1.807, 2.05) is 18.2 Å². The number of hydrogen-bond donors (Lipinski definition) is 1. The summed E-state index contributed by atoms with van der Waals surface area (Å²) in [6.45, 7) is 2.74. The third kappa shape index (κ3) is 3.87. The Morgan fingerprint density at radius 3 is 2.81 bits per heavy atom. The molecular weight excluding hydrogens is 272 g/mol. The molecule has 21 heavy (non-hydrogen) atoms. The van der Waals surface area contributed by atoms with Crippen LogP contribution in [0.2, 0.25) is 0 Å². The molecule has 1 N–H and O–H groups in total. The van der Waals surface area contributed by atoms with Crippen molar-refractivity contribution in [2.24, 2.45) is 0 Å². The summed E-state index contributed by atoms with van der Waals surface area (Å²) in [5.74, 6) is 1.42. The third-order valence-electron chi connectivity index (χ3n) is 3.80. The summed E-state index contributed by atoms with van der Waals surface area (Å²) in [6, 6.07) is 5.50. The van der Waals surface area contributed by atoms with Gasteiger partial charge in [0.2, 0.25) is 0 Å². The van der Waals surface area contributed by atoms with Gasteiger partial charge in [0.05, 0.1) is 19.3 Å². The van der Waals surface area contributed by atoms with Crippen molar-refractivity contribution in [3.63, 3.8) is 0 Å². The average molecular weight is 294 g/mol. The van der Waals surface area contributed by atoms with Gasteiger partial charge in [0.15, 0.2) is 11.5 Å². The van der Waals surface area contributed by atoms with Crippen molar-refractivity contribution >= 4 is 0 Å². The van der Waals surface area contributed by atoms with E-state index < -0.39 is 6.10 Å². The van der Waals surface area contributed by atoms with Crippen LogP contribution in [-0.4, -0.2) is 44.2 Å². The Kier molecular flexibility index (Phi) is 4.95. The van der Waals surface area contributed by atoms with Gasteiger partial charge in [-0.2, -0.15) is 0 Å². The van der Waals surface area contributed by atoms with Crippen molar-refractivity contribution in [1.82, 2.24) is 0 Å². The van der Waals surface area contributed by atoms with Crippen LogP contribution in [0.15, 0.2) is 18.2 Å². The van der Waals surface area contributed by atoms with Crippen LogP contribution in [0.4, 0.5) is 0 Å². The molecular formula is C16H22O5. The van der Waals surface area contributed by atoms with Gasteiger partial charge in [-0.1, -0.05) is 6.07 Å². The number of ether oxygens (including phenoxy) is 4. The molecule has 116 valence electrons. The fraction of sp³-hybridized carbons (Fsp3) is 0.625. The van der Waals surface area contributed by atoms with Crippen LogP contribution in [-0.2, 0) is 9.47 Å². The van der Waals surface area contributed by atoms with Crippen molar-refractivity contribution in [1.29, 1.82) is 0 Å². The first-order valence-electron chi connectivity index (χ1n) is 7.60. The quantitative estimate of drug-likeness (QED) is 0.901. The summed E-state index contributed by atoms with van der Waals surface area (Å²) >= 11 is 0. The van der Waals surface area contributed by atoms with Crippen LogP contribution in [0.5, 0.6) is 11.5 Å². The first-order chi connectivity index (χ1) is 10.3. The van der Waals surface area contributed by atoms with Crippen LogP contribution in [0.3, 0.4) is 0 Å². The van der Waals surface area contributed by atoms with Crippen LogP contribution < -0.4 is 9.47 Å². The molecule has 0 amide bonds. The molecule has 2 unspecified atom stereocenters. The number of aliphatic hydroxyl groups is 1. The molecule has 2 heterocycles. The molecule has 1 saturated heterocycles. The smallest absolute Gasteiger partial charge is 0.161 e. The monoisotopic (exact) mass is 294 g/mol. The molecule has 5 nitrogen and oxygen atoms in total. The maximum Gasteiger partial charge on any atom is 0.161 e. The molecule has 2 aliphatic rings. The lowest BCUT2D eigenvalue weighted by atomic mass is 10.1. The molecule has 0 spiro atoms. The summed E-state index contributed by atoms with van der Waals surface area (Å²) in [7, 11) is 0. The van der Waals surface area contributed by atoms with Crippen molar-refractivity contribution in [2.75, 3.05) is 33.0 Å². The van der Waals surface area contributed by atoms with Gasteiger partial charge in [0.1, 0.15) is 19.3 Å². The first-order valence-corrected chi connectivity index (χ1v) is 7.60. The van der Waals surface area contributed by atoms with Gasteiger partial charge < -0.3 is 24.1 Å². The first kappa shape index (κ1) is 14.6. The second kappa shape index (κ2) is 7.11. The molecule has 0 aliphatic carbocycles. The topological polar surface area (TPSA) is 57.2 Å². The lowest BCUT2D eigenvalue weighted by molar-refractivity contribution is -0.0574. The van der Waals surface area contributed by atoms with E-state index in [1.54, 1.807) is 0 Å². The van der Waals surface area contributed by atoms with E-state index in [0.717, 1.165) is 30.8 Å². The lowest BCUT2D eigenvalue weighted by Gasteiger charge is -2.23. The van der Waals surface area contributed by atoms with Gasteiger partial charge in [0, 0.05) is 6.61 Å². The van der Waals surface area contributed by atoms with Gasteiger partial charge in [0.25, 0.3) is 0 Å². The van der Waals surface area contributed by atoms with Crippen molar-refractivity contribution in [2.45, 2.75) is 31.5 Å². The maximum absolute atomic E-state index is 10.2. The van der Waals surface area contributed by atoms with E-state index >= 15 is 0 Å². The second-order valence-electron chi connectivity index (χ2n) is 5.44. The Balaban J connectivity index is 1.49. The number of benzene rings is 1. The Labute approximate surface area is 124 Å². The standard InChI is InChI=1S/C16H22O5/c17-14(11-18-10-13-3-1-2-6-19-13)12-4-5-15-16(9-12)21-8-7-20-15/h4-5,9,13-14,17H,1-3,6-8,10-11H2. The van der Waals surface area contributed by atoms with Gasteiger partial charge in [-0.25, -0.2) is 0 Å². The Hall–Kier alpha value is -1.30. The van der Waals surface area contributed by atoms with Crippen LogP contribution >= 0.6 is 0 Å². The minimum absolute atomic E-state index is 0.172.